The summed E-state index contributed by atoms with van der Waals surface area (Å²) < 4.78 is 22.6. The van der Waals surface area contributed by atoms with Crippen molar-refractivity contribution in [1.82, 2.24) is 5.32 Å². The van der Waals surface area contributed by atoms with Crippen molar-refractivity contribution in [3.05, 3.63) is 76.7 Å². The number of furan rings is 1. The summed E-state index contributed by atoms with van der Waals surface area (Å²) in [6.07, 6.45) is 0. The first-order valence-corrected chi connectivity index (χ1v) is 10.4. The Morgan fingerprint density at radius 1 is 0.871 bits per heavy atom. The van der Waals surface area contributed by atoms with Crippen LogP contribution in [0.2, 0.25) is 0 Å². The normalized spacial score (nSPS) is 10.6. The molecule has 0 fully saturated rings. The Bertz CT molecular complexity index is 1000. The monoisotopic (exact) mass is 423 g/mol. The Kier molecular flexibility index (Phi) is 7.60. The van der Waals surface area contributed by atoms with E-state index in [1.807, 2.05) is 58.0 Å². The van der Waals surface area contributed by atoms with Gasteiger partial charge in [-0.2, -0.15) is 0 Å². The van der Waals surface area contributed by atoms with Crippen LogP contribution in [-0.4, -0.2) is 19.1 Å². The zero-order valence-electron chi connectivity index (χ0n) is 18.5. The maximum Gasteiger partial charge on any atom is 0.287 e. The number of amides is 1. The van der Waals surface area contributed by atoms with E-state index in [1.54, 1.807) is 12.1 Å². The lowest BCUT2D eigenvalue weighted by molar-refractivity contribution is 0.0919. The Morgan fingerprint density at radius 3 is 2.29 bits per heavy atom. The molecule has 31 heavy (non-hydrogen) atoms. The van der Waals surface area contributed by atoms with Gasteiger partial charge in [0.2, 0.25) is 0 Å². The molecule has 0 bridgehead atoms. The molecule has 0 saturated carbocycles. The summed E-state index contributed by atoms with van der Waals surface area (Å²) in [5.41, 5.74) is 3.18. The van der Waals surface area contributed by atoms with E-state index >= 15 is 0 Å². The highest BCUT2D eigenvalue weighted by Crippen LogP contribution is 2.28. The third-order valence-electron chi connectivity index (χ3n) is 4.52. The quantitative estimate of drug-likeness (QED) is 0.485. The molecule has 1 aromatic heterocycles. The molecule has 3 rings (SSSR count). The minimum absolute atomic E-state index is 0.245. The van der Waals surface area contributed by atoms with Gasteiger partial charge in [-0.25, -0.2) is 0 Å². The lowest BCUT2D eigenvalue weighted by Crippen LogP contribution is -2.22. The van der Waals surface area contributed by atoms with Crippen LogP contribution < -0.4 is 19.5 Å². The molecule has 1 N–H and O–H groups in total. The molecule has 1 amide bonds. The third-order valence-corrected chi connectivity index (χ3v) is 4.52. The summed E-state index contributed by atoms with van der Waals surface area (Å²) in [5, 5.41) is 2.87. The zero-order valence-corrected chi connectivity index (χ0v) is 18.5. The number of aryl methyl sites for hydroxylation is 2. The molecule has 0 aliphatic carbocycles. The molecule has 0 saturated heterocycles. The van der Waals surface area contributed by atoms with E-state index < -0.39 is 0 Å². The van der Waals surface area contributed by atoms with Gasteiger partial charge in [0.1, 0.15) is 18.1 Å². The maximum atomic E-state index is 12.5. The van der Waals surface area contributed by atoms with E-state index in [4.69, 9.17) is 18.6 Å². The molecule has 0 aliphatic rings. The Morgan fingerprint density at radius 2 is 1.58 bits per heavy atom. The summed E-state index contributed by atoms with van der Waals surface area (Å²) in [6.45, 7) is 9.59. The number of benzene rings is 2. The van der Waals surface area contributed by atoms with E-state index in [-0.39, 0.29) is 18.3 Å². The molecule has 0 radical (unpaired) electrons. The molecule has 164 valence electrons. The second-order valence-corrected chi connectivity index (χ2v) is 7.21. The SMILES string of the molecule is CCOc1ccc(CNC(=O)c2ccc(COc3cc(C)cc(C)c3)o2)cc1OCC. The van der Waals surface area contributed by atoms with Crippen molar-refractivity contribution < 1.29 is 23.4 Å². The third kappa shape index (κ3) is 6.28. The van der Waals surface area contributed by atoms with Gasteiger partial charge in [-0.1, -0.05) is 12.1 Å². The van der Waals surface area contributed by atoms with E-state index in [0.717, 1.165) is 22.4 Å². The van der Waals surface area contributed by atoms with Gasteiger partial charge in [0.15, 0.2) is 17.3 Å². The standard InChI is InChI=1S/C25H29NO5/c1-5-28-22-9-7-19(14-24(22)29-6-2)15-26-25(27)23-10-8-20(31-23)16-30-21-12-17(3)11-18(4)13-21/h7-14H,5-6,15-16H2,1-4H3,(H,26,27). The first-order chi connectivity index (χ1) is 15.0. The molecule has 3 aromatic rings. The van der Waals surface area contributed by atoms with Crippen molar-refractivity contribution in [3.8, 4) is 17.2 Å². The van der Waals surface area contributed by atoms with E-state index in [2.05, 4.69) is 11.4 Å². The molecule has 0 atom stereocenters. The van der Waals surface area contributed by atoms with Crippen LogP contribution in [0.4, 0.5) is 0 Å². The molecule has 6 nitrogen and oxygen atoms in total. The smallest absolute Gasteiger partial charge is 0.287 e. The molecule has 0 spiro atoms. The number of rotatable bonds is 10. The van der Waals surface area contributed by atoms with Crippen molar-refractivity contribution in [2.75, 3.05) is 13.2 Å². The van der Waals surface area contributed by atoms with Gasteiger partial charge in [0.25, 0.3) is 5.91 Å². The van der Waals surface area contributed by atoms with Crippen molar-refractivity contribution in [2.24, 2.45) is 0 Å². The Balaban J connectivity index is 1.56. The number of hydrogen-bond acceptors (Lipinski definition) is 5. The van der Waals surface area contributed by atoms with E-state index in [9.17, 15) is 4.79 Å². The average Bonchev–Trinajstić information content (AvgIpc) is 3.21. The van der Waals surface area contributed by atoms with Gasteiger partial charge in [0, 0.05) is 6.54 Å². The molecule has 1 heterocycles. The summed E-state index contributed by atoms with van der Waals surface area (Å²) in [7, 11) is 0. The average molecular weight is 424 g/mol. The summed E-state index contributed by atoms with van der Waals surface area (Å²) in [4.78, 5) is 12.5. The van der Waals surface area contributed by atoms with Crippen molar-refractivity contribution in [1.29, 1.82) is 0 Å². The predicted molar refractivity (Wildman–Crippen MR) is 119 cm³/mol. The van der Waals surface area contributed by atoms with Crippen LogP contribution in [0.5, 0.6) is 17.2 Å². The predicted octanol–water partition coefficient (Wildman–Crippen LogP) is 5.20. The van der Waals surface area contributed by atoms with E-state index in [1.165, 1.54) is 0 Å². The van der Waals surface area contributed by atoms with Crippen molar-refractivity contribution in [3.63, 3.8) is 0 Å². The van der Waals surface area contributed by atoms with Gasteiger partial charge in [0.05, 0.1) is 13.2 Å². The number of carbonyl (C=O) groups is 1. The molecule has 0 unspecified atom stereocenters. The van der Waals surface area contributed by atoms with Gasteiger partial charge in [-0.15, -0.1) is 0 Å². The fourth-order valence-corrected chi connectivity index (χ4v) is 3.22. The molecular formula is C25H29NO5. The topological polar surface area (TPSA) is 69.9 Å². The highest BCUT2D eigenvalue weighted by molar-refractivity contribution is 5.91. The van der Waals surface area contributed by atoms with Crippen LogP contribution in [0.3, 0.4) is 0 Å². The molecule has 6 heteroatoms. The minimum Gasteiger partial charge on any atom is -0.490 e. The van der Waals surface area contributed by atoms with Crippen LogP contribution in [0.15, 0.2) is 52.9 Å². The van der Waals surface area contributed by atoms with Crippen molar-refractivity contribution >= 4 is 5.91 Å². The fraction of sp³-hybridized carbons (Fsp3) is 0.320. The molecule has 0 aliphatic heterocycles. The van der Waals surface area contributed by atoms with Gasteiger partial charge < -0.3 is 23.9 Å². The van der Waals surface area contributed by atoms with Crippen LogP contribution in [0.1, 0.15) is 46.9 Å². The summed E-state index contributed by atoms with van der Waals surface area (Å²) >= 11 is 0. The van der Waals surface area contributed by atoms with Crippen LogP contribution in [0.25, 0.3) is 0 Å². The first kappa shape index (κ1) is 22.3. The summed E-state index contributed by atoms with van der Waals surface area (Å²) in [5.74, 6) is 2.68. The van der Waals surface area contributed by atoms with Gasteiger partial charge >= 0.3 is 0 Å². The zero-order chi connectivity index (χ0) is 22.2. The second kappa shape index (κ2) is 10.6. The van der Waals surface area contributed by atoms with Crippen LogP contribution >= 0.6 is 0 Å². The second-order valence-electron chi connectivity index (χ2n) is 7.21. The number of hydrogen-bond donors (Lipinski definition) is 1. The lowest BCUT2D eigenvalue weighted by Gasteiger charge is -2.12. The van der Waals surface area contributed by atoms with Crippen LogP contribution in [0, 0.1) is 13.8 Å². The maximum absolute atomic E-state index is 12.5. The Labute approximate surface area is 183 Å². The molecular weight excluding hydrogens is 394 g/mol. The van der Waals surface area contributed by atoms with Crippen LogP contribution in [-0.2, 0) is 13.2 Å². The minimum atomic E-state index is -0.288. The van der Waals surface area contributed by atoms with Gasteiger partial charge in [-0.05, 0) is 80.8 Å². The lowest BCUT2D eigenvalue weighted by atomic mass is 10.1. The van der Waals surface area contributed by atoms with E-state index in [0.29, 0.717) is 37.0 Å². The number of nitrogens with one attached hydrogen (secondary N) is 1. The molecule has 2 aromatic carbocycles. The fourth-order valence-electron chi connectivity index (χ4n) is 3.22. The highest BCUT2D eigenvalue weighted by atomic mass is 16.5. The first-order valence-electron chi connectivity index (χ1n) is 10.4. The number of ether oxygens (including phenoxy) is 3. The van der Waals surface area contributed by atoms with Crippen molar-refractivity contribution in [2.45, 2.75) is 40.8 Å². The number of carbonyl (C=O) groups excluding carboxylic acids is 1. The summed E-state index contributed by atoms with van der Waals surface area (Å²) in [6, 6.07) is 15.1. The highest BCUT2D eigenvalue weighted by Gasteiger charge is 2.13. The largest absolute Gasteiger partial charge is 0.490 e. The van der Waals surface area contributed by atoms with Gasteiger partial charge in [-0.3, -0.25) is 4.79 Å². The Hall–Kier alpha value is -3.41.